The number of hydrogen-bond donors (Lipinski definition) is 0. The first-order chi connectivity index (χ1) is 8.59. The van der Waals surface area contributed by atoms with Crippen molar-refractivity contribution in [1.82, 2.24) is 9.80 Å². The van der Waals surface area contributed by atoms with E-state index in [1.54, 1.807) is 0 Å². The van der Waals surface area contributed by atoms with Gasteiger partial charge in [-0.05, 0) is 11.4 Å². The molecule has 98 valence electrons. The fourth-order valence-electron chi connectivity index (χ4n) is 2.06. The molecule has 1 aliphatic heterocycles. The van der Waals surface area contributed by atoms with Gasteiger partial charge in [-0.2, -0.15) is 11.3 Å². The second-order valence-electron chi connectivity index (χ2n) is 4.78. The average molecular weight is 266 g/mol. The highest BCUT2D eigenvalue weighted by Crippen LogP contribution is 2.13. The van der Waals surface area contributed by atoms with Crippen LogP contribution in [0.3, 0.4) is 0 Å². The van der Waals surface area contributed by atoms with Crippen LogP contribution in [0.15, 0.2) is 16.8 Å². The van der Waals surface area contributed by atoms with Crippen LogP contribution in [0, 0.1) is 5.92 Å². The Kier molecular flexibility index (Phi) is 4.01. The van der Waals surface area contributed by atoms with Crippen molar-refractivity contribution in [3.63, 3.8) is 0 Å². The minimum absolute atomic E-state index is 0.0316. The fraction of sp³-hybridized carbons (Fsp3) is 0.538. The molecule has 0 unspecified atom stereocenters. The molecule has 4 nitrogen and oxygen atoms in total. The van der Waals surface area contributed by atoms with Crippen LogP contribution < -0.4 is 0 Å². The SMILES string of the molecule is CC(C)C(=O)N1CCN(C(=O)c2ccsc2)CC1. The van der Waals surface area contributed by atoms with E-state index in [1.165, 1.54) is 11.3 Å². The number of amides is 2. The third-order valence-electron chi connectivity index (χ3n) is 3.14. The highest BCUT2D eigenvalue weighted by atomic mass is 32.1. The first kappa shape index (κ1) is 13.1. The van der Waals surface area contributed by atoms with Crippen molar-refractivity contribution in [3.05, 3.63) is 22.4 Å². The van der Waals surface area contributed by atoms with Crippen LogP contribution in [0.1, 0.15) is 24.2 Å². The molecule has 2 heterocycles. The third kappa shape index (κ3) is 2.72. The zero-order chi connectivity index (χ0) is 13.1. The minimum Gasteiger partial charge on any atom is -0.339 e. The maximum absolute atomic E-state index is 12.1. The van der Waals surface area contributed by atoms with Crippen LogP contribution in [0.25, 0.3) is 0 Å². The van der Waals surface area contributed by atoms with Gasteiger partial charge in [-0.3, -0.25) is 9.59 Å². The third-order valence-corrected chi connectivity index (χ3v) is 3.82. The van der Waals surface area contributed by atoms with E-state index >= 15 is 0 Å². The van der Waals surface area contributed by atoms with Crippen LogP contribution in [0.5, 0.6) is 0 Å². The van der Waals surface area contributed by atoms with E-state index in [4.69, 9.17) is 0 Å². The van der Waals surface area contributed by atoms with E-state index in [0.29, 0.717) is 26.2 Å². The fourth-order valence-corrected chi connectivity index (χ4v) is 2.69. The van der Waals surface area contributed by atoms with Crippen molar-refractivity contribution in [3.8, 4) is 0 Å². The normalized spacial score (nSPS) is 16.2. The van der Waals surface area contributed by atoms with Crippen molar-refractivity contribution < 1.29 is 9.59 Å². The maximum atomic E-state index is 12.1. The Labute approximate surface area is 111 Å². The van der Waals surface area contributed by atoms with Gasteiger partial charge in [-0.25, -0.2) is 0 Å². The summed E-state index contributed by atoms with van der Waals surface area (Å²) in [5.41, 5.74) is 0.753. The van der Waals surface area contributed by atoms with Crippen LogP contribution >= 0.6 is 11.3 Å². The predicted molar refractivity (Wildman–Crippen MR) is 71.6 cm³/mol. The topological polar surface area (TPSA) is 40.6 Å². The van der Waals surface area contributed by atoms with E-state index in [-0.39, 0.29) is 17.7 Å². The van der Waals surface area contributed by atoms with Gasteiger partial charge >= 0.3 is 0 Å². The van der Waals surface area contributed by atoms with Crippen molar-refractivity contribution in [1.29, 1.82) is 0 Å². The Morgan fingerprint density at radius 1 is 1.17 bits per heavy atom. The Morgan fingerprint density at radius 2 is 1.78 bits per heavy atom. The molecule has 0 radical (unpaired) electrons. The molecule has 0 aliphatic carbocycles. The summed E-state index contributed by atoms with van der Waals surface area (Å²) in [6.45, 7) is 6.37. The average Bonchev–Trinajstić information content (AvgIpc) is 2.91. The first-order valence-electron chi connectivity index (χ1n) is 6.20. The standard InChI is InChI=1S/C13H18N2O2S/c1-10(2)12(16)14-4-6-15(7-5-14)13(17)11-3-8-18-9-11/h3,8-10H,4-7H2,1-2H3. The van der Waals surface area contributed by atoms with Gasteiger partial charge in [0.1, 0.15) is 0 Å². The van der Waals surface area contributed by atoms with Gasteiger partial charge in [0.2, 0.25) is 5.91 Å². The zero-order valence-corrected chi connectivity index (χ0v) is 11.6. The summed E-state index contributed by atoms with van der Waals surface area (Å²) in [5, 5.41) is 3.78. The smallest absolute Gasteiger partial charge is 0.254 e. The largest absolute Gasteiger partial charge is 0.339 e. The number of carbonyl (C=O) groups excluding carboxylic acids is 2. The number of piperazine rings is 1. The molecule has 1 aromatic rings. The molecule has 2 rings (SSSR count). The molecule has 5 heteroatoms. The van der Waals surface area contributed by atoms with Gasteiger partial charge in [0.05, 0.1) is 5.56 Å². The lowest BCUT2D eigenvalue weighted by molar-refractivity contribution is -0.135. The van der Waals surface area contributed by atoms with E-state index in [9.17, 15) is 9.59 Å². The number of nitrogens with zero attached hydrogens (tertiary/aromatic N) is 2. The van der Waals surface area contributed by atoms with Gasteiger partial charge < -0.3 is 9.80 Å². The molecule has 0 spiro atoms. The lowest BCUT2D eigenvalue weighted by atomic mass is 10.1. The Balaban J connectivity index is 1.91. The summed E-state index contributed by atoms with van der Waals surface area (Å²) in [4.78, 5) is 27.6. The van der Waals surface area contributed by atoms with Crippen molar-refractivity contribution in [2.45, 2.75) is 13.8 Å². The number of thiophene rings is 1. The van der Waals surface area contributed by atoms with Gasteiger partial charge in [0, 0.05) is 37.5 Å². The Hall–Kier alpha value is -1.36. The summed E-state index contributed by atoms with van der Waals surface area (Å²) < 4.78 is 0. The van der Waals surface area contributed by atoms with E-state index < -0.39 is 0 Å². The summed E-state index contributed by atoms with van der Waals surface area (Å²) in [5.74, 6) is 0.287. The van der Waals surface area contributed by atoms with Gasteiger partial charge in [0.25, 0.3) is 5.91 Å². The van der Waals surface area contributed by atoms with Crippen molar-refractivity contribution in [2.75, 3.05) is 26.2 Å². The van der Waals surface area contributed by atoms with Gasteiger partial charge in [-0.15, -0.1) is 0 Å². The lowest BCUT2D eigenvalue weighted by Crippen LogP contribution is -2.51. The molecule has 0 bridgehead atoms. The highest BCUT2D eigenvalue weighted by molar-refractivity contribution is 7.08. The maximum Gasteiger partial charge on any atom is 0.254 e. The number of carbonyl (C=O) groups is 2. The molecule has 1 fully saturated rings. The zero-order valence-electron chi connectivity index (χ0n) is 10.8. The molecule has 18 heavy (non-hydrogen) atoms. The molecule has 0 saturated carbocycles. The predicted octanol–water partition coefficient (Wildman–Crippen LogP) is 1.69. The highest BCUT2D eigenvalue weighted by Gasteiger charge is 2.25. The quantitative estimate of drug-likeness (QED) is 0.817. The van der Waals surface area contributed by atoms with Crippen LogP contribution in [0.4, 0.5) is 0 Å². The van der Waals surface area contributed by atoms with Crippen LogP contribution in [-0.4, -0.2) is 47.8 Å². The molecule has 0 N–H and O–H groups in total. The summed E-state index contributed by atoms with van der Waals surface area (Å²) in [7, 11) is 0. The van der Waals surface area contributed by atoms with Gasteiger partial charge in [0.15, 0.2) is 0 Å². The van der Waals surface area contributed by atoms with E-state index in [0.717, 1.165) is 5.56 Å². The Bertz CT molecular complexity index is 420. The summed E-state index contributed by atoms with van der Waals surface area (Å²) >= 11 is 1.53. The first-order valence-corrected chi connectivity index (χ1v) is 7.14. The molecule has 1 saturated heterocycles. The molecule has 1 aliphatic rings. The number of rotatable bonds is 2. The van der Waals surface area contributed by atoms with E-state index in [1.807, 2.05) is 40.5 Å². The van der Waals surface area contributed by atoms with Crippen molar-refractivity contribution in [2.24, 2.45) is 5.92 Å². The minimum atomic E-state index is 0.0316. The van der Waals surface area contributed by atoms with E-state index in [2.05, 4.69) is 0 Å². The second-order valence-corrected chi connectivity index (χ2v) is 5.56. The van der Waals surface area contributed by atoms with Gasteiger partial charge in [-0.1, -0.05) is 13.8 Å². The molecule has 0 aromatic carbocycles. The molecular weight excluding hydrogens is 248 g/mol. The van der Waals surface area contributed by atoms with Crippen molar-refractivity contribution >= 4 is 23.2 Å². The Morgan fingerprint density at radius 3 is 2.28 bits per heavy atom. The number of hydrogen-bond acceptors (Lipinski definition) is 3. The molecule has 2 amide bonds. The molecule has 1 aromatic heterocycles. The summed E-state index contributed by atoms with van der Waals surface area (Å²) in [6, 6.07) is 1.85. The molecular formula is C13H18N2O2S. The molecule has 0 atom stereocenters. The summed E-state index contributed by atoms with van der Waals surface area (Å²) in [6.07, 6.45) is 0. The van der Waals surface area contributed by atoms with Crippen LogP contribution in [-0.2, 0) is 4.79 Å². The van der Waals surface area contributed by atoms with Crippen LogP contribution in [0.2, 0.25) is 0 Å². The monoisotopic (exact) mass is 266 g/mol. The second kappa shape index (κ2) is 5.52. The lowest BCUT2D eigenvalue weighted by Gasteiger charge is -2.35.